The van der Waals surface area contributed by atoms with Crippen molar-refractivity contribution in [2.45, 2.75) is 52.6 Å². The monoisotopic (exact) mass is 478 g/mol. The van der Waals surface area contributed by atoms with Crippen LogP contribution in [0.1, 0.15) is 55.5 Å². The zero-order valence-electron chi connectivity index (χ0n) is 20.0. The lowest BCUT2D eigenvalue weighted by molar-refractivity contribution is -0.106. The van der Waals surface area contributed by atoms with E-state index >= 15 is 0 Å². The Balaban J connectivity index is 1.55. The molecule has 0 bridgehead atoms. The number of nitrogens with zero attached hydrogens (tertiary/aromatic N) is 7. The first kappa shape index (κ1) is 23.9. The molecule has 0 spiro atoms. The summed E-state index contributed by atoms with van der Waals surface area (Å²) in [7, 11) is 0. The zero-order valence-corrected chi connectivity index (χ0v) is 20.8. The third-order valence-electron chi connectivity index (χ3n) is 6.36. The SMILES string of the molecule is C/C=C(\c1nc(CC#N)cn1NC=O)N1CCN(C(C)c2ccc3nc(C)sc3n2)CC1CC. The first-order chi connectivity index (χ1) is 16.5. The van der Waals surface area contributed by atoms with Crippen LogP contribution >= 0.6 is 11.3 Å². The number of carbonyl (C=O) groups excluding carboxylic acids is 1. The van der Waals surface area contributed by atoms with Crippen molar-refractivity contribution < 1.29 is 4.79 Å². The summed E-state index contributed by atoms with van der Waals surface area (Å²) in [5, 5.41) is 10.1. The van der Waals surface area contributed by atoms with E-state index < -0.39 is 0 Å². The van der Waals surface area contributed by atoms with E-state index in [0.717, 1.165) is 52.8 Å². The summed E-state index contributed by atoms with van der Waals surface area (Å²) in [6.45, 7) is 11.0. The van der Waals surface area contributed by atoms with Crippen LogP contribution in [-0.2, 0) is 11.2 Å². The van der Waals surface area contributed by atoms with Gasteiger partial charge in [0.05, 0.1) is 40.8 Å². The second kappa shape index (κ2) is 10.3. The number of nitrogens with one attached hydrogen (secondary N) is 1. The molecule has 1 aliphatic heterocycles. The first-order valence-electron chi connectivity index (χ1n) is 11.6. The Bertz CT molecular complexity index is 1240. The molecular formula is C24H30N8OS. The lowest BCUT2D eigenvalue weighted by Gasteiger charge is -2.45. The van der Waals surface area contributed by atoms with Gasteiger partial charge in [-0.2, -0.15) is 5.26 Å². The van der Waals surface area contributed by atoms with E-state index in [1.807, 2.05) is 19.9 Å². The largest absolute Gasteiger partial charge is 0.363 e. The molecule has 9 nitrogen and oxygen atoms in total. The molecule has 4 rings (SSSR count). The van der Waals surface area contributed by atoms with Gasteiger partial charge in [0.25, 0.3) is 0 Å². The molecule has 0 aliphatic carbocycles. The van der Waals surface area contributed by atoms with E-state index in [1.54, 1.807) is 22.2 Å². The van der Waals surface area contributed by atoms with Gasteiger partial charge in [-0.15, -0.1) is 0 Å². The average Bonchev–Trinajstić information content (AvgIpc) is 3.41. The number of thiazole rings is 1. The van der Waals surface area contributed by atoms with E-state index in [-0.39, 0.29) is 18.5 Å². The summed E-state index contributed by atoms with van der Waals surface area (Å²) in [5.74, 6) is 0.646. The molecule has 4 heterocycles. The number of allylic oxidation sites excluding steroid dienone is 1. The number of hydrogen-bond acceptors (Lipinski definition) is 8. The second-order valence-corrected chi connectivity index (χ2v) is 9.58. The summed E-state index contributed by atoms with van der Waals surface area (Å²) in [6, 6.07) is 6.76. The van der Waals surface area contributed by atoms with E-state index in [0.29, 0.717) is 17.9 Å². The standard InChI is InChI=1S/C24H30N8OS/c1-5-19-14-30(16(3)20-7-8-21-24(29-20)34-17(4)27-21)11-12-31(19)22(6-2)23-28-18(9-10-25)13-32(23)26-15-33/h6-8,13,15-16,19H,5,9,11-12,14H2,1-4H3,(H,26,33)/b22-6+. The minimum Gasteiger partial charge on any atom is -0.363 e. The van der Waals surface area contributed by atoms with Gasteiger partial charge >= 0.3 is 0 Å². The van der Waals surface area contributed by atoms with Gasteiger partial charge in [0.15, 0.2) is 5.82 Å². The maximum atomic E-state index is 11.2. The third kappa shape index (κ3) is 4.67. The van der Waals surface area contributed by atoms with Crippen molar-refractivity contribution >= 4 is 33.8 Å². The Kier molecular flexibility index (Phi) is 7.24. The van der Waals surface area contributed by atoms with Crippen LogP contribution < -0.4 is 5.43 Å². The van der Waals surface area contributed by atoms with Crippen molar-refractivity contribution in [3.8, 4) is 6.07 Å². The predicted molar refractivity (Wildman–Crippen MR) is 134 cm³/mol. The topological polar surface area (TPSA) is 103 Å². The van der Waals surface area contributed by atoms with Gasteiger partial charge in [0.2, 0.25) is 6.41 Å². The smallest absolute Gasteiger partial charge is 0.226 e. The molecule has 1 N–H and O–H groups in total. The number of imidazole rings is 1. The number of nitriles is 1. The molecule has 1 fully saturated rings. The average molecular weight is 479 g/mol. The number of rotatable bonds is 8. The number of aromatic nitrogens is 4. The van der Waals surface area contributed by atoms with Crippen LogP contribution in [0.2, 0.25) is 0 Å². The molecule has 178 valence electrons. The van der Waals surface area contributed by atoms with Gasteiger partial charge in [0, 0.05) is 31.7 Å². The third-order valence-corrected chi connectivity index (χ3v) is 7.25. The molecule has 0 radical (unpaired) electrons. The summed E-state index contributed by atoms with van der Waals surface area (Å²) in [5.41, 5.74) is 6.30. The number of pyridine rings is 1. The fourth-order valence-corrected chi connectivity index (χ4v) is 5.40. The fraction of sp³-hybridized carbons (Fsp3) is 0.458. The number of piperazine rings is 1. The Morgan fingerprint density at radius 2 is 2.18 bits per heavy atom. The molecule has 10 heteroatoms. The Hall–Kier alpha value is -3.29. The second-order valence-electron chi connectivity index (χ2n) is 8.40. The van der Waals surface area contributed by atoms with Crippen molar-refractivity contribution in [2.75, 3.05) is 25.1 Å². The van der Waals surface area contributed by atoms with Gasteiger partial charge in [-0.1, -0.05) is 24.3 Å². The zero-order chi connectivity index (χ0) is 24.2. The van der Waals surface area contributed by atoms with Crippen LogP contribution in [0, 0.1) is 18.3 Å². The van der Waals surface area contributed by atoms with Crippen LogP contribution in [0.25, 0.3) is 16.0 Å². The van der Waals surface area contributed by atoms with Crippen LogP contribution in [0.3, 0.4) is 0 Å². The number of hydrogen-bond donors (Lipinski definition) is 1. The van der Waals surface area contributed by atoms with Crippen molar-refractivity contribution in [3.05, 3.63) is 46.6 Å². The van der Waals surface area contributed by atoms with Crippen molar-refractivity contribution in [1.29, 1.82) is 5.26 Å². The predicted octanol–water partition coefficient (Wildman–Crippen LogP) is 3.48. The van der Waals surface area contributed by atoms with Crippen molar-refractivity contribution in [3.63, 3.8) is 0 Å². The Labute approximate surface area is 203 Å². The van der Waals surface area contributed by atoms with Gasteiger partial charge in [-0.3, -0.25) is 15.1 Å². The summed E-state index contributed by atoms with van der Waals surface area (Å²) in [4.78, 5) is 31.1. The van der Waals surface area contributed by atoms with Crippen LogP contribution in [-0.4, -0.2) is 61.5 Å². The van der Waals surface area contributed by atoms with Crippen LogP contribution in [0.5, 0.6) is 0 Å². The first-order valence-corrected chi connectivity index (χ1v) is 12.4. The highest BCUT2D eigenvalue weighted by atomic mass is 32.1. The highest BCUT2D eigenvalue weighted by Crippen LogP contribution is 2.30. The molecule has 3 aromatic heterocycles. The summed E-state index contributed by atoms with van der Waals surface area (Å²) in [6.07, 6.45) is 5.52. The lowest BCUT2D eigenvalue weighted by Crippen LogP contribution is -2.52. The van der Waals surface area contributed by atoms with Crippen molar-refractivity contribution in [2.24, 2.45) is 0 Å². The molecule has 1 amide bonds. The number of fused-ring (bicyclic) bond motifs is 1. The lowest BCUT2D eigenvalue weighted by atomic mass is 10.0. The Morgan fingerprint density at radius 3 is 2.88 bits per heavy atom. The summed E-state index contributed by atoms with van der Waals surface area (Å²) >= 11 is 1.63. The van der Waals surface area contributed by atoms with E-state index in [1.165, 1.54) is 0 Å². The maximum Gasteiger partial charge on any atom is 0.226 e. The molecule has 34 heavy (non-hydrogen) atoms. The minimum atomic E-state index is 0.191. The molecule has 0 saturated carbocycles. The van der Waals surface area contributed by atoms with Gasteiger partial charge in [-0.25, -0.2) is 19.6 Å². The van der Waals surface area contributed by atoms with Crippen LogP contribution in [0.15, 0.2) is 24.4 Å². The quantitative estimate of drug-likeness (QED) is 0.494. The van der Waals surface area contributed by atoms with E-state index in [9.17, 15) is 4.79 Å². The van der Waals surface area contributed by atoms with Gasteiger partial charge < -0.3 is 4.90 Å². The molecule has 3 aromatic rings. The molecule has 1 saturated heterocycles. The molecule has 0 aromatic carbocycles. The summed E-state index contributed by atoms with van der Waals surface area (Å²) < 4.78 is 1.60. The van der Waals surface area contributed by atoms with Gasteiger partial charge in [-0.05, 0) is 39.3 Å². The Morgan fingerprint density at radius 1 is 1.35 bits per heavy atom. The number of carbonyl (C=O) groups is 1. The molecule has 2 atom stereocenters. The molecule has 1 aliphatic rings. The maximum absolute atomic E-state index is 11.2. The molecular weight excluding hydrogens is 448 g/mol. The fourth-order valence-electron chi connectivity index (χ4n) is 4.61. The van der Waals surface area contributed by atoms with Crippen LogP contribution in [0.4, 0.5) is 0 Å². The van der Waals surface area contributed by atoms with Crippen molar-refractivity contribution in [1.82, 2.24) is 29.4 Å². The van der Waals surface area contributed by atoms with E-state index in [2.05, 4.69) is 57.2 Å². The number of amides is 1. The highest BCUT2D eigenvalue weighted by Gasteiger charge is 2.32. The highest BCUT2D eigenvalue weighted by molar-refractivity contribution is 7.18. The van der Waals surface area contributed by atoms with Gasteiger partial charge in [0.1, 0.15) is 10.3 Å². The normalized spacial score (nSPS) is 18.1. The minimum absolute atomic E-state index is 0.191. The van der Waals surface area contributed by atoms with E-state index in [4.69, 9.17) is 10.2 Å². The molecule has 2 unspecified atom stereocenters. The number of aryl methyl sites for hydroxylation is 1.